The number of rotatable bonds is 3. The first-order chi connectivity index (χ1) is 7.04. The van der Waals surface area contributed by atoms with Gasteiger partial charge in [-0.25, -0.2) is 0 Å². The molecule has 2 rings (SSSR count). The van der Waals surface area contributed by atoms with Crippen LogP contribution in [0.25, 0.3) is 0 Å². The fourth-order valence-electron chi connectivity index (χ4n) is 2.46. The molecule has 0 aromatic rings. The van der Waals surface area contributed by atoms with Crippen molar-refractivity contribution in [3.63, 3.8) is 0 Å². The van der Waals surface area contributed by atoms with Gasteiger partial charge in [0, 0.05) is 25.7 Å². The number of nitrogens with two attached hydrogens (primary N) is 1. The summed E-state index contributed by atoms with van der Waals surface area (Å²) in [6, 6.07) is 0.350. The van der Waals surface area contributed by atoms with Crippen molar-refractivity contribution in [3.8, 4) is 0 Å². The highest BCUT2D eigenvalue weighted by atomic mass is 16.1. The smallest absolute Gasteiger partial charge is 0.236 e. The molecule has 1 saturated carbocycles. The predicted molar refractivity (Wildman–Crippen MR) is 59.4 cm³/mol. The highest BCUT2D eigenvalue weighted by Crippen LogP contribution is 2.50. The van der Waals surface area contributed by atoms with E-state index in [1.165, 1.54) is 12.8 Å². The first-order valence-corrected chi connectivity index (χ1v) is 5.80. The number of hydrogen-bond donors (Lipinski definition) is 2. The third kappa shape index (κ3) is 2.01. The lowest BCUT2D eigenvalue weighted by molar-refractivity contribution is -0.125. The lowest BCUT2D eigenvalue weighted by atomic mass is 9.96. The molecule has 1 aliphatic heterocycles. The molecular weight excluding hydrogens is 190 g/mol. The maximum absolute atomic E-state index is 11.4. The number of carbonyl (C=O) groups is 1. The van der Waals surface area contributed by atoms with Crippen LogP contribution in [0.1, 0.15) is 26.7 Å². The fraction of sp³-hybridized carbons (Fsp3) is 0.909. The number of carbonyl (C=O) groups excluding carboxylic acids is 1. The summed E-state index contributed by atoms with van der Waals surface area (Å²) in [4.78, 5) is 13.6. The van der Waals surface area contributed by atoms with Crippen molar-refractivity contribution in [2.24, 2.45) is 11.1 Å². The largest absolute Gasteiger partial charge is 0.368 e. The maximum atomic E-state index is 11.4. The highest BCUT2D eigenvalue weighted by Gasteiger charge is 2.47. The van der Waals surface area contributed by atoms with Gasteiger partial charge in [-0.3, -0.25) is 9.69 Å². The van der Waals surface area contributed by atoms with Gasteiger partial charge < -0.3 is 11.1 Å². The van der Waals surface area contributed by atoms with Gasteiger partial charge in [0.15, 0.2) is 0 Å². The summed E-state index contributed by atoms with van der Waals surface area (Å²) in [5, 5.41) is 3.23. The zero-order chi connectivity index (χ0) is 11.1. The molecule has 3 N–H and O–H groups in total. The van der Waals surface area contributed by atoms with Gasteiger partial charge in [-0.1, -0.05) is 6.92 Å². The van der Waals surface area contributed by atoms with Crippen molar-refractivity contribution in [2.45, 2.75) is 38.8 Å². The maximum Gasteiger partial charge on any atom is 0.236 e. The Labute approximate surface area is 91.2 Å². The molecular formula is C11H21N3O. The molecule has 0 aromatic heterocycles. The van der Waals surface area contributed by atoms with Gasteiger partial charge >= 0.3 is 0 Å². The Hall–Kier alpha value is -0.610. The van der Waals surface area contributed by atoms with Gasteiger partial charge in [0.2, 0.25) is 5.91 Å². The monoisotopic (exact) mass is 211 g/mol. The summed E-state index contributed by atoms with van der Waals surface area (Å²) in [5.41, 5.74) is 5.86. The minimum atomic E-state index is -0.196. The lowest BCUT2D eigenvalue weighted by Gasteiger charge is -2.41. The van der Waals surface area contributed by atoms with Gasteiger partial charge in [0.1, 0.15) is 6.04 Å². The van der Waals surface area contributed by atoms with Crippen LogP contribution in [0.15, 0.2) is 0 Å². The number of nitrogens with zero attached hydrogens (tertiary/aromatic N) is 1. The molecule has 2 atom stereocenters. The van der Waals surface area contributed by atoms with E-state index >= 15 is 0 Å². The van der Waals surface area contributed by atoms with E-state index in [2.05, 4.69) is 24.1 Å². The third-order valence-electron chi connectivity index (χ3n) is 4.16. The first-order valence-electron chi connectivity index (χ1n) is 5.80. The van der Waals surface area contributed by atoms with Crippen LogP contribution in [0.2, 0.25) is 0 Å². The van der Waals surface area contributed by atoms with Gasteiger partial charge in [0.05, 0.1) is 0 Å². The van der Waals surface area contributed by atoms with E-state index in [1.807, 2.05) is 0 Å². The van der Waals surface area contributed by atoms with Crippen molar-refractivity contribution in [1.29, 1.82) is 0 Å². The summed E-state index contributed by atoms with van der Waals surface area (Å²) >= 11 is 0. The minimum absolute atomic E-state index is 0.119. The Morgan fingerprint density at radius 1 is 1.60 bits per heavy atom. The van der Waals surface area contributed by atoms with Crippen LogP contribution in [0.3, 0.4) is 0 Å². The third-order valence-corrected chi connectivity index (χ3v) is 4.16. The quantitative estimate of drug-likeness (QED) is 0.687. The average molecular weight is 211 g/mol. The molecule has 1 aliphatic carbocycles. The second-order valence-electron chi connectivity index (χ2n) is 5.19. The summed E-state index contributed by atoms with van der Waals surface area (Å²) in [5.74, 6) is -0.196. The van der Waals surface area contributed by atoms with Crippen LogP contribution in [-0.4, -0.2) is 42.5 Å². The van der Waals surface area contributed by atoms with Crippen LogP contribution in [0.5, 0.6) is 0 Å². The molecule has 4 nitrogen and oxygen atoms in total. The van der Waals surface area contributed by atoms with E-state index in [0.29, 0.717) is 18.0 Å². The molecule has 0 bridgehead atoms. The molecule has 2 aliphatic rings. The summed E-state index contributed by atoms with van der Waals surface area (Å²) < 4.78 is 0. The Morgan fingerprint density at radius 2 is 2.27 bits per heavy atom. The first kappa shape index (κ1) is 10.9. The van der Waals surface area contributed by atoms with E-state index in [-0.39, 0.29) is 11.9 Å². The predicted octanol–water partition coefficient (Wildman–Crippen LogP) is -0.0659. The van der Waals surface area contributed by atoms with E-state index < -0.39 is 0 Å². The molecule has 1 amide bonds. The zero-order valence-corrected chi connectivity index (χ0v) is 9.62. The number of hydrogen-bond acceptors (Lipinski definition) is 3. The lowest BCUT2D eigenvalue weighted by Crippen LogP contribution is -2.60. The van der Waals surface area contributed by atoms with Gasteiger partial charge in [0.25, 0.3) is 0 Å². The summed E-state index contributed by atoms with van der Waals surface area (Å²) in [7, 11) is 0. The molecule has 15 heavy (non-hydrogen) atoms. The SMILES string of the molecule is CC(N1CCNCC1C(N)=O)C1(C)CC1. The standard InChI is InChI=1S/C11H21N3O/c1-8(11(2)3-4-11)14-6-5-13-7-9(14)10(12)15/h8-9,13H,3-7H2,1-2H3,(H2,12,15). The van der Waals surface area contributed by atoms with Crippen molar-refractivity contribution >= 4 is 5.91 Å². The van der Waals surface area contributed by atoms with Crippen molar-refractivity contribution in [1.82, 2.24) is 10.2 Å². The molecule has 86 valence electrons. The molecule has 0 aromatic carbocycles. The van der Waals surface area contributed by atoms with Crippen molar-refractivity contribution < 1.29 is 4.79 Å². The van der Waals surface area contributed by atoms with Gasteiger partial charge in [-0.05, 0) is 25.2 Å². The number of piperazine rings is 1. The molecule has 1 saturated heterocycles. The number of primary amides is 1. The van der Waals surface area contributed by atoms with Crippen LogP contribution >= 0.6 is 0 Å². The fourth-order valence-corrected chi connectivity index (χ4v) is 2.46. The molecule has 0 spiro atoms. The highest BCUT2D eigenvalue weighted by molar-refractivity contribution is 5.80. The Bertz CT molecular complexity index is 263. The number of nitrogens with one attached hydrogen (secondary N) is 1. The minimum Gasteiger partial charge on any atom is -0.368 e. The van der Waals surface area contributed by atoms with Crippen LogP contribution in [0.4, 0.5) is 0 Å². The zero-order valence-electron chi connectivity index (χ0n) is 9.62. The van der Waals surface area contributed by atoms with Crippen LogP contribution < -0.4 is 11.1 Å². The molecule has 1 heterocycles. The second-order valence-corrected chi connectivity index (χ2v) is 5.19. The van der Waals surface area contributed by atoms with Gasteiger partial charge in [-0.2, -0.15) is 0 Å². The van der Waals surface area contributed by atoms with E-state index in [9.17, 15) is 4.79 Å². The summed E-state index contributed by atoms with van der Waals surface area (Å²) in [6.07, 6.45) is 2.56. The molecule has 4 heteroatoms. The van der Waals surface area contributed by atoms with Crippen LogP contribution in [0, 0.1) is 5.41 Å². The molecule has 0 radical (unpaired) electrons. The van der Waals surface area contributed by atoms with Gasteiger partial charge in [-0.15, -0.1) is 0 Å². The Morgan fingerprint density at radius 3 is 2.80 bits per heavy atom. The van der Waals surface area contributed by atoms with Crippen LogP contribution in [-0.2, 0) is 4.79 Å². The summed E-state index contributed by atoms with van der Waals surface area (Å²) in [6.45, 7) is 7.14. The normalized spacial score (nSPS) is 32.3. The molecule has 2 unspecified atom stereocenters. The molecule has 2 fully saturated rings. The topological polar surface area (TPSA) is 58.4 Å². The van der Waals surface area contributed by atoms with Crippen molar-refractivity contribution in [3.05, 3.63) is 0 Å². The number of amides is 1. The second kappa shape index (κ2) is 3.76. The van der Waals surface area contributed by atoms with E-state index in [1.54, 1.807) is 0 Å². The van der Waals surface area contributed by atoms with Crippen molar-refractivity contribution in [2.75, 3.05) is 19.6 Å². The average Bonchev–Trinajstić information content (AvgIpc) is 2.96. The Balaban J connectivity index is 2.07. The van der Waals surface area contributed by atoms with E-state index in [4.69, 9.17) is 5.73 Å². The van der Waals surface area contributed by atoms with E-state index in [0.717, 1.165) is 13.1 Å². The Kier molecular flexibility index (Phi) is 2.73.